The molecule has 0 aliphatic heterocycles. The lowest BCUT2D eigenvalue weighted by atomic mass is 9.79. The Labute approximate surface area is 119 Å². The Kier molecular flexibility index (Phi) is 3.30. The number of benzene rings is 1. The molecule has 1 aromatic carbocycles. The molecule has 1 heterocycles. The van der Waals surface area contributed by atoms with Crippen molar-refractivity contribution >= 4 is 16.7 Å². The first-order valence-electron chi connectivity index (χ1n) is 7.23. The summed E-state index contributed by atoms with van der Waals surface area (Å²) in [4.78, 5) is 17.1. The van der Waals surface area contributed by atoms with E-state index in [1.165, 1.54) is 0 Å². The van der Waals surface area contributed by atoms with Crippen molar-refractivity contribution in [2.75, 3.05) is 0 Å². The fraction of sp³-hybridized carbons (Fsp3) is 0.412. The lowest BCUT2D eigenvalue weighted by Crippen LogP contribution is -2.42. The number of carbonyl (C=O) groups excluding carboxylic acids is 1. The molecular formula is C17H20N2O. The maximum absolute atomic E-state index is 12.6. The van der Waals surface area contributed by atoms with E-state index in [4.69, 9.17) is 5.73 Å². The maximum Gasteiger partial charge on any atom is 0.146 e. The molecule has 3 nitrogen and oxygen atoms in total. The van der Waals surface area contributed by atoms with Crippen LogP contribution < -0.4 is 5.73 Å². The smallest absolute Gasteiger partial charge is 0.146 e. The molecule has 0 saturated heterocycles. The molecule has 1 saturated carbocycles. The molecule has 1 aliphatic rings. The molecule has 0 bridgehead atoms. The van der Waals surface area contributed by atoms with Crippen molar-refractivity contribution in [1.82, 2.24) is 4.98 Å². The molecule has 1 aromatic heterocycles. The average Bonchev–Trinajstić information content (AvgIpc) is 2.80. The van der Waals surface area contributed by atoms with Gasteiger partial charge >= 0.3 is 0 Å². The Morgan fingerprint density at radius 2 is 2.15 bits per heavy atom. The van der Waals surface area contributed by atoms with Crippen molar-refractivity contribution in [2.24, 2.45) is 11.1 Å². The molecule has 1 fully saturated rings. The molecule has 3 heteroatoms. The number of para-hydroxylation sites is 1. The molecule has 2 N–H and O–H groups in total. The molecule has 0 spiro atoms. The zero-order chi connectivity index (χ0) is 14.2. The number of pyridine rings is 1. The normalized spacial score (nSPS) is 26.0. The van der Waals surface area contributed by atoms with Crippen molar-refractivity contribution in [3.05, 3.63) is 42.1 Å². The van der Waals surface area contributed by atoms with E-state index in [0.717, 1.165) is 35.9 Å². The molecule has 20 heavy (non-hydrogen) atoms. The maximum atomic E-state index is 12.6. The van der Waals surface area contributed by atoms with Gasteiger partial charge < -0.3 is 5.73 Å². The number of aromatic nitrogens is 1. The molecule has 104 valence electrons. The van der Waals surface area contributed by atoms with E-state index in [-0.39, 0.29) is 17.2 Å². The van der Waals surface area contributed by atoms with Gasteiger partial charge in [0.05, 0.1) is 5.52 Å². The first-order chi connectivity index (χ1) is 9.59. The van der Waals surface area contributed by atoms with E-state index < -0.39 is 0 Å². The standard InChI is InChI=1S/C17H20N2O/c1-17(10-4-7-15(17)18)16(20)11-13-9-8-12-5-2-3-6-14(12)19-13/h2-3,5-6,8-9,15H,4,7,10-11,18H2,1H3. The zero-order valence-electron chi connectivity index (χ0n) is 11.8. The second kappa shape index (κ2) is 4.98. The van der Waals surface area contributed by atoms with Crippen LogP contribution in [0.5, 0.6) is 0 Å². The van der Waals surface area contributed by atoms with Gasteiger partial charge in [-0.15, -0.1) is 0 Å². The van der Waals surface area contributed by atoms with Crippen LogP contribution in [0.25, 0.3) is 10.9 Å². The lowest BCUT2D eigenvalue weighted by Gasteiger charge is -2.27. The van der Waals surface area contributed by atoms with Gasteiger partial charge in [0.2, 0.25) is 0 Å². The van der Waals surface area contributed by atoms with Gasteiger partial charge in [-0.3, -0.25) is 9.78 Å². The van der Waals surface area contributed by atoms with Gasteiger partial charge in [0.15, 0.2) is 0 Å². The molecular weight excluding hydrogens is 248 g/mol. The molecule has 3 rings (SSSR count). The molecule has 2 unspecified atom stereocenters. The van der Waals surface area contributed by atoms with Crippen LogP contribution in [-0.2, 0) is 11.2 Å². The fourth-order valence-corrected chi connectivity index (χ4v) is 3.11. The number of nitrogens with two attached hydrogens (primary N) is 1. The van der Waals surface area contributed by atoms with Crippen molar-refractivity contribution in [1.29, 1.82) is 0 Å². The minimum absolute atomic E-state index is 0.00421. The van der Waals surface area contributed by atoms with Gasteiger partial charge in [0.25, 0.3) is 0 Å². The summed E-state index contributed by atoms with van der Waals surface area (Å²) in [5.41, 5.74) is 7.53. The van der Waals surface area contributed by atoms with E-state index >= 15 is 0 Å². The number of Topliss-reactive ketones (excluding diaryl/α,β-unsaturated/α-hetero) is 1. The van der Waals surface area contributed by atoms with Crippen molar-refractivity contribution < 1.29 is 4.79 Å². The van der Waals surface area contributed by atoms with Crippen molar-refractivity contribution in [3.8, 4) is 0 Å². The summed E-state index contributed by atoms with van der Waals surface area (Å²) in [5.74, 6) is 0.227. The van der Waals surface area contributed by atoms with Gasteiger partial charge in [-0.05, 0) is 25.0 Å². The Morgan fingerprint density at radius 3 is 2.90 bits per heavy atom. The summed E-state index contributed by atoms with van der Waals surface area (Å²) in [7, 11) is 0. The number of hydrogen-bond donors (Lipinski definition) is 1. The van der Waals surface area contributed by atoms with Crippen LogP contribution in [0.4, 0.5) is 0 Å². The second-order valence-electron chi connectivity index (χ2n) is 6.01. The predicted molar refractivity (Wildman–Crippen MR) is 80.4 cm³/mol. The monoisotopic (exact) mass is 268 g/mol. The highest BCUT2D eigenvalue weighted by Gasteiger charge is 2.42. The van der Waals surface area contributed by atoms with E-state index in [9.17, 15) is 4.79 Å². The number of hydrogen-bond acceptors (Lipinski definition) is 3. The topological polar surface area (TPSA) is 56.0 Å². The van der Waals surface area contributed by atoms with Gasteiger partial charge in [-0.25, -0.2) is 0 Å². The lowest BCUT2D eigenvalue weighted by molar-refractivity contribution is -0.127. The SMILES string of the molecule is CC1(C(=O)Cc2ccc3ccccc3n2)CCCC1N. The van der Waals surface area contributed by atoms with Crippen LogP contribution in [0.3, 0.4) is 0 Å². The summed E-state index contributed by atoms with van der Waals surface area (Å²) >= 11 is 0. The number of carbonyl (C=O) groups is 1. The van der Waals surface area contributed by atoms with Crippen molar-refractivity contribution in [2.45, 2.75) is 38.6 Å². The Morgan fingerprint density at radius 1 is 1.35 bits per heavy atom. The van der Waals surface area contributed by atoms with Crippen LogP contribution in [-0.4, -0.2) is 16.8 Å². The number of fused-ring (bicyclic) bond motifs is 1. The van der Waals surface area contributed by atoms with E-state index in [1.54, 1.807) is 0 Å². The minimum Gasteiger partial charge on any atom is -0.327 e. The van der Waals surface area contributed by atoms with Crippen LogP contribution in [0.15, 0.2) is 36.4 Å². The van der Waals surface area contributed by atoms with E-state index in [1.807, 2.05) is 43.3 Å². The number of ketones is 1. The second-order valence-corrected chi connectivity index (χ2v) is 6.01. The van der Waals surface area contributed by atoms with Gasteiger partial charge in [-0.2, -0.15) is 0 Å². The van der Waals surface area contributed by atoms with Gasteiger partial charge in [-0.1, -0.05) is 37.6 Å². The molecule has 2 aromatic rings. The minimum atomic E-state index is -0.368. The van der Waals surface area contributed by atoms with Crippen LogP contribution in [0, 0.1) is 5.41 Å². The highest BCUT2D eigenvalue weighted by atomic mass is 16.1. The van der Waals surface area contributed by atoms with E-state index in [0.29, 0.717) is 6.42 Å². The third-order valence-electron chi connectivity index (χ3n) is 4.66. The van der Waals surface area contributed by atoms with E-state index in [2.05, 4.69) is 4.98 Å². The van der Waals surface area contributed by atoms with Crippen LogP contribution in [0.2, 0.25) is 0 Å². The van der Waals surface area contributed by atoms with Gasteiger partial charge in [0.1, 0.15) is 5.78 Å². The third kappa shape index (κ3) is 2.22. The summed E-state index contributed by atoms with van der Waals surface area (Å²) in [6.45, 7) is 2.01. The highest BCUT2D eigenvalue weighted by Crippen LogP contribution is 2.38. The van der Waals surface area contributed by atoms with Gasteiger partial charge in [0, 0.05) is 29.0 Å². The first kappa shape index (κ1) is 13.3. The Hall–Kier alpha value is -1.74. The average molecular weight is 268 g/mol. The van der Waals surface area contributed by atoms with Crippen molar-refractivity contribution in [3.63, 3.8) is 0 Å². The molecule has 2 atom stereocenters. The molecule has 1 aliphatic carbocycles. The summed E-state index contributed by atoms with van der Waals surface area (Å²) < 4.78 is 0. The first-order valence-corrected chi connectivity index (χ1v) is 7.23. The number of nitrogens with zero attached hydrogens (tertiary/aromatic N) is 1. The molecule has 0 amide bonds. The highest BCUT2D eigenvalue weighted by molar-refractivity contribution is 5.88. The fourth-order valence-electron chi connectivity index (χ4n) is 3.11. The summed E-state index contributed by atoms with van der Waals surface area (Å²) in [6.07, 6.45) is 3.29. The van der Waals surface area contributed by atoms with Crippen LogP contribution >= 0.6 is 0 Å². The zero-order valence-corrected chi connectivity index (χ0v) is 11.8. The Bertz CT molecular complexity index is 652. The third-order valence-corrected chi connectivity index (χ3v) is 4.66. The molecule has 0 radical (unpaired) electrons. The predicted octanol–water partition coefficient (Wildman–Crippen LogP) is 2.86. The largest absolute Gasteiger partial charge is 0.327 e. The summed E-state index contributed by atoms with van der Waals surface area (Å²) in [6, 6.07) is 11.9. The Balaban J connectivity index is 1.84. The summed E-state index contributed by atoms with van der Waals surface area (Å²) in [5, 5.41) is 1.10. The van der Waals surface area contributed by atoms with Crippen LogP contribution in [0.1, 0.15) is 31.9 Å². The quantitative estimate of drug-likeness (QED) is 0.931. The number of rotatable bonds is 3.